The van der Waals surface area contributed by atoms with Gasteiger partial charge in [-0.15, -0.1) is 0 Å². The number of ether oxygens (including phenoxy) is 1. The molecule has 1 aliphatic carbocycles. The lowest BCUT2D eigenvalue weighted by atomic mass is 9.77. The fourth-order valence-electron chi connectivity index (χ4n) is 5.10. The van der Waals surface area contributed by atoms with Crippen molar-refractivity contribution in [1.82, 2.24) is 9.80 Å². The number of aliphatic hydroxyl groups excluding tert-OH is 1. The van der Waals surface area contributed by atoms with E-state index in [1.54, 1.807) is 0 Å². The predicted molar refractivity (Wildman–Crippen MR) is 117 cm³/mol. The summed E-state index contributed by atoms with van der Waals surface area (Å²) in [6.07, 6.45) is 5.82. The zero-order chi connectivity index (χ0) is 20.3. The van der Waals surface area contributed by atoms with Crippen LogP contribution >= 0.6 is 0 Å². The monoisotopic (exact) mass is 394 g/mol. The molecule has 1 N–H and O–H groups in total. The van der Waals surface area contributed by atoms with Crippen LogP contribution in [0.5, 0.6) is 5.75 Å². The molecular weight excluding hydrogens is 360 g/mol. The fraction of sp³-hybridized carbons (Fsp3) is 0.520. The number of benzene rings is 2. The van der Waals surface area contributed by atoms with Gasteiger partial charge in [0.2, 0.25) is 0 Å². The van der Waals surface area contributed by atoms with Crippen molar-refractivity contribution < 1.29 is 9.84 Å². The van der Waals surface area contributed by atoms with Gasteiger partial charge in [-0.3, -0.25) is 9.80 Å². The van der Waals surface area contributed by atoms with E-state index in [-0.39, 0.29) is 5.54 Å². The predicted octanol–water partition coefficient (Wildman–Crippen LogP) is 4.03. The van der Waals surface area contributed by atoms with Gasteiger partial charge < -0.3 is 9.84 Å². The first-order chi connectivity index (χ1) is 14.1. The van der Waals surface area contributed by atoms with Crippen LogP contribution in [-0.2, 0) is 12.1 Å². The van der Waals surface area contributed by atoms with E-state index in [0.29, 0.717) is 12.6 Å². The Hall–Kier alpha value is -1.88. The normalized spacial score (nSPS) is 26.1. The number of piperidine rings is 1. The molecule has 4 nitrogen and oxygen atoms in total. The molecule has 4 rings (SSSR count). The van der Waals surface area contributed by atoms with Gasteiger partial charge in [0, 0.05) is 19.6 Å². The van der Waals surface area contributed by atoms with Gasteiger partial charge in [-0.1, -0.05) is 42.5 Å². The van der Waals surface area contributed by atoms with Gasteiger partial charge >= 0.3 is 0 Å². The van der Waals surface area contributed by atoms with E-state index in [1.807, 2.05) is 6.07 Å². The summed E-state index contributed by atoms with van der Waals surface area (Å²) in [6.45, 7) is 2.50. The zero-order valence-electron chi connectivity index (χ0n) is 17.8. The SMILES string of the molecule is CN(C)[C@]1(c2ccccc2)CCN(Cc2ccc(OC3CCCC3)cc2)C[C@H]1O. The lowest BCUT2D eigenvalue weighted by molar-refractivity contribution is -0.0702. The molecule has 2 fully saturated rings. The molecule has 2 aromatic carbocycles. The first-order valence-corrected chi connectivity index (χ1v) is 11.0. The molecule has 0 spiro atoms. The lowest BCUT2D eigenvalue weighted by Crippen LogP contribution is -2.59. The van der Waals surface area contributed by atoms with E-state index >= 15 is 0 Å². The summed E-state index contributed by atoms with van der Waals surface area (Å²) < 4.78 is 6.08. The van der Waals surface area contributed by atoms with Crippen LogP contribution in [0.1, 0.15) is 43.2 Å². The summed E-state index contributed by atoms with van der Waals surface area (Å²) in [5, 5.41) is 11.2. The minimum absolute atomic E-state index is 0.323. The number of likely N-dealkylation sites (tertiary alicyclic amines) is 1. The second kappa shape index (κ2) is 8.86. The standard InChI is InChI=1S/C25H34N2O2/c1-26(2)25(21-8-4-3-5-9-21)16-17-27(19-24(25)28)18-20-12-14-23(15-13-20)29-22-10-6-7-11-22/h3-5,8-9,12-15,22,24,28H,6-7,10-11,16-19H2,1-2H3/t24-,25+/m1/s1. The molecule has 29 heavy (non-hydrogen) atoms. The van der Waals surface area contributed by atoms with Gasteiger partial charge in [-0.05, 0) is 69.5 Å². The molecule has 1 aliphatic heterocycles. The summed E-state index contributed by atoms with van der Waals surface area (Å²) in [7, 11) is 4.16. The maximum Gasteiger partial charge on any atom is 0.119 e. The molecule has 4 heteroatoms. The van der Waals surface area contributed by atoms with Crippen LogP contribution in [0.3, 0.4) is 0 Å². The van der Waals surface area contributed by atoms with Crippen molar-refractivity contribution in [2.24, 2.45) is 0 Å². The second-order valence-electron chi connectivity index (χ2n) is 8.85. The lowest BCUT2D eigenvalue weighted by Gasteiger charge is -2.50. The quantitative estimate of drug-likeness (QED) is 0.802. The number of nitrogens with zero attached hydrogens (tertiary/aromatic N) is 2. The maximum absolute atomic E-state index is 11.2. The maximum atomic E-state index is 11.2. The second-order valence-corrected chi connectivity index (χ2v) is 8.85. The molecule has 1 saturated heterocycles. The van der Waals surface area contributed by atoms with E-state index in [1.165, 1.54) is 36.8 Å². The van der Waals surface area contributed by atoms with Crippen molar-refractivity contribution in [2.45, 2.75) is 56.4 Å². The van der Waals surface area contributed by atoms with Gasteiger partial charge in [0.05, 0.1) is 17.7 Å². The number of aliphatic hydroxyl groups is 1. The third-order valence-electron chi connectivity index (χ3n) is 6.80. The number of likely N-dealkylation sites (N-methyl/N-ethyl adjacent to an activating group) is 1. The van der Waals surface area contributed by atoms with Crippen molar-refractivity contribution in [2.75, 3.05) is 27.2 Å². The van der Waals surface area contributed by atoms with E-state index < -0.39 is 6.10 Å². The van der Waals surface area contributed by atoms with E-state index in [0.717, 1.165) is 25.3 Å². The van der Waals surface area contributed by atoms with Crippen LogP contribution in [0.15, 0.2) is 54.6 Å². The topological polar surface area (TPSA) is 35.9 Å². The Morgan fingerprint density at radius 3 is 2.34 bits per heavy atom. The van der Waals surface area contributed by atoms with Gasteiger partial charge in [0.25, 0.3) is 0 Å². The van der Waals surface area contributed by atoms with Crippen molar-refractivity contribution in [1.29, 1.82) is 0 Å². The number of rotatable bonds is 6. The summed E-state index contributed by atoms with van der Waals surface area (Å²) in [5.41, 5.74) is 2.15. The first kappa shape index (κ1) is 20.4. The highest BCUT2D eigenvalue weighted by Gasteiger charge is 2.45. The third kappa shape index (κ3) is 4.35. The van der Waals surface area contributed by atoms with Gasteiger partial charge in [-0.25, -0.2) is 0 Å². The van der Waals surface area contributed by atoms with Gasteiger partial charge in [-0.2, -0.15) is 0 Å². The van der Waals surface area contributed by atoms with Crippen LogP contribution in [0.2, 0.25) is 0 Å². The molecule has 2 aliphatic rings. The molecule has 2 atom stereocenters. The Balaban J connectivity index is 1.39. The van der Waals surface area contributed by atoms with Crippen molar-refractivity contribution >= 4 is 0 Å². The van der Waals surface area contributed by atoms with Gasteiger partial charge in [0.1, 0.15) is 5.75 Å². The average Bonchev–Trinajstić information content (AvgIpc) is 3.23. The summed E-state index contributed by atoms with van der Waals surface area (Å²) in [4.78, 5) is 4.56. The number of hydrogen-bond donors (Lipinski definition) is 1. The van der Waals surface area contributed by atoms with Crippen LogP contribution < -0.4 is 4.74 Å². The Morgan fingerprint density at radius 1 is 1.03 bits per heavy atom. The molecule has 0 bridgehead atoms. The highest BCUT2D eigenvalue weighted by atomic mass is 16.5. The van der Waals surface area contributed by atoms with E-state index in [2.05, 4.69) is 72.4 Å². The molecule has 1 heterocycles. The Labute approximate surface area is 175 Å². The number of hydrogen-bond acceptors (Lipinski definition) is 4. The zero-order valence-corrected chi connectivity index (χ0v) is 17.8. The van der Waals surface area contributed by atoms with Gasteiger partial charge in [0.15, 0.2) is 0 Å². The third-order valence-corrected chi connectivity index (χ3v) is 6.80. The van der Waals surface area contributed by atoms with Crippen molar-refractivity contribution in [3.05, 3.63) is 65.7 Å². The van der Waals surface area contributed by atoms with Crippen molar-refractivity contribution in [3.63, 3.8) is 0 Å². The largest absolute Gasteiger partial charge is 0.490 e. The molecule has 156 valence electrons. The Morgan fingerprint density at radius 2 is 1.72 bits per heavy atom. The average molecular weight is 395 g/mol. The number of β-amino-alcohol motifs (C(OH)–C–C–N with tert-alkyl or cyclic N) is 1. The smallest absolute Gasteiger partial charge is 0.119 e. The molecule has 1 saturated carbocycles. The van der Waals surface area contributed by atoms with Crippen molar-refractivity contribution in [3.8, 4) is 5.75 Å². The van der Waals surface area contributed by atoms with Crippen LogP contribution in [0.25, 0.3) is 0 Å². The molecule has 0 aromatic heterocycles. The molecule has 2 aromatic rings. The Bertz CT molecular complexity index is 771. The van der Waals surface area contributed by atoms with E-state index in [4.69, 9.17) is 4.74 Å². The minimum Gasteiger partial charge on any atom is -0.490 e. The molecule has 0 radical (unpaired) electrons. The van der Waals surface area contributed by atoms with Crippen LogP contribution in [-0.4, -0.2) is 54.3 Å². The Kier molecular flexibility index (Phi) is 6.23. The van der Waals surface area contributed by atoms with Crippen LogP contribution in [0.4, 0.5) is 0 Å². The fourth-order valence-corrected chi connectivity index (χ4v) is 5.10. The summed E-state index contributed by atoms with van der Waals surface area (Å²) in [6, 6.07) is 19.0. The summed E-state index contributed by atoms with van der Waals surface area (Å²) in [5.74, 6) is 0.982. The molecule has 0 amide bonds. The summed E-state index contributed by atoms with van der Waals surface area (Å²) >= 11 is 0. The van der Waals surface area contributed by atoms with E-state index in [9.17, 15) is 5.11 Å². The molecule has 0 unspecified atom stereocenters. The highest BCUT2D eigenvalue weighted by Crippen LogP contribution is 2.38. The highest BCUT2D eigenvalue weighted by molar-refractivity contribution is 5.29. The minimum atomic E-state index is -0.432. The first-order valence-electron chi connectivity index (χ1n) is 11.0. The molecular formula is C25H34N2O2. The van der Waals surface area contributed by atoms with Crippen LogP contribution in [0, 0.1) is 0 Å².